The Hall–Kier alpha value is -2.42. The van der Waals surface area contributed by atoms with Crippen molar-refractivity contribution in [2.45, 2.75) is 0 Å². The van der Waals surface area contributed by atoms with Crippen molar-refractivity contribution in [1.82, 2.24) is 0 Å². The smallest absolute Gasteiger partial charge is 0.258 e. The van der Waals surface area contributed by atoms with Gasteiger partial charge in [0.2, 0.25) is 0 Å². The van der Waals surface area contributed by atoms with Gasteiger partial charge in [0.05, 0.1) is 4.92 Å². The lowest BCUT2D eigenvalue weighted by Crippen LogP contribution is -1.86. The SMILES string of the molecule is O=[N+]([O-])c1ccc(/C=C/[CH]c2ccccc2)cc1. The van der Waals surface area contributed by atoms with Crippen LogP contribution in [0.15, 0.2) is 60.7 Å². The van der Waals surface area contributed by atoms with Crippen LogP contribution in [0.2, 0.25) is 0 Å². The molecule has 0 atom stereocenters. The fourth-order valence-corrected chi connectivity index (χ4v) is 1.54. The first-order valence-corrected chi connectivity index (χ1v) is 5.56. The minimum atomic E-state index is -0.399. The molecule has 18 heavy (non-hydrogen) atoms. The maximum Gasteiger partial charge on any atom is 0.269 e. The van der Waals surface area contributed by atoms with Crippen LogP contribution in [-0.2, 0) is 0 Å². The Morgan fingerprint density at radius 3 is 2.17 bits per heavy atom. The molecular formula is C15H12NO2. The maximum atomic E-state index is 10.5. The van der Waals surface area contributed by atoms with E-state index in [1.165, 1.54) is 12.1 Å². The molecular weight excluding hydrogens is 226 g/mol. The van der Waals surface area contributed by atoms with Gasteiger partial charge in [-0.25, -0.2) is 0 Å². The molecule has 89 valence electrons. The van der Waals surface area contributed by atoms with Crippen molar-refractivity contribution in [3.05, 3.63) is 88.3 Å². The topological polar surface area (TPSA) is 43.1 Å². The van der Waals surface area contributed by atoms with Gasteiger partial charge in [0, 0.05) is 18.6 Å². The van der Waals surface area contributed by atoms with E-state index in [0.29, 0.717) is 0 Å². The van der Waals surface area contributed by atoms with Crippen molar-refractivity contribution in [1.29, 1.82) is 0 Å². The third-order valence-corrected chi connectivity index (χ3v) is 2.48. The van der Waals surface area contributed by atoms with Gasteiger partial charge in [-0.3, -0.25) is 10.1 Å². The molecule has 1 radical (unpaired) electrons. The second-order valence-electron chi connectivity index (χ2n) is 3.79. The molecule has 0 aromatic heterocycles. The van der Waals surface area contributed by atoms with Gasteiger partial charge in [-0.15, -0.1) is 0 Å². The molecule has 0 aliphatic rings. The average molecular weight is 238 g/mol. The van der Waals surface area contributed by atoms with E-state index in [4.69, 9.17) is 0 Å². The zero-order valence-electron chi connectivity index (χ0n) is 9.69. The monoisotopic (exact) mass is 238 g/mol. The van der Waals surface area contributed by atoms with Crippen LogP contribution < -0.4 is 0 Å². The van der Waals surface area contributed by atoms with Crippen LogP contribution in [0.4, 0.5) is 5.69 Å². The molecule has 0 saturated carbocycles. The lowest BCUT2D eigenvalue weighted by molar-refractivity contribution is -0.384. The van der Waals surface area contributed by atoms with Gasteiger partial charge in [0.25, 0.3) is 5.69 Å². The van der Waals surface area contributed by atoms with Crippen LogP contribution in [0.5, 0.6) is 0 Å². The van der Waals surface area contributed by atoms with Crippen molar-refractivity contribution in [2.24, 2.45) is 0 Å². The zero-order valence-corrected chi connectivity index (χ0v) is 9.69. The fraction of sp³-hybridized carbons (Fsp3) is 0. The van der Waals surface area contributed by atoms with Crippen LogP contribution >= 0.6 is 0 Å². The lowest BCUT2D eigenvalue weighted by atomic mass is 10.1. The number of nitro benzene ring substituents is 1. The Morgan fingerprint density at radius 1 is 0.889 bits per heavy atom. The molecule has 0 N–H and O–H groups in total. The van der Waals surface area contributed by atoms with Crippen molar-refractivity contribution >= 4 is 11.8 Å². The van der Waals surface area contributed by atoms with E-state index in [2.05, 4.69) is 0 Å². The van der Waals surface area contributed by atoms with Gasteiger partial charge in [-0.05, 0) is 23.3 Å². The molecule has 2 rings (SSSR count). The molecule has 0 spiro atoms. The molecule has 0 heterocycles. The molecule has 0 amide bonds. The summed E-state index contributed by atoms with van der Waals surface area (Å²) in [5, 5.41) is 10.5. The number of benzene rings is 2. The van der Waals surface area contributed by atoms with Crippen LogP contribution in [0, 0.1) is 16.5 Å². The van der Waals surface area contributed by atoms with Gasteiger partial charge in [-0.1, -0.05) is 42.5 Å². The Labute approximate surface area is 106 Å². The van der Waals surface area contributed by atoms with Gasteiger partial charge in [0.1, 0.15) is 0 Å². The summed E-state index contributed by atoms with van der Waals surface area (Å²) in [6.45, 7) is 0. The average Bonchev–Trinajstić information content (AvgIpc) is 2.40. The number of allylic oxidation sites excluding steroid dienone is 1. The summed E-state index contributed by atoms with van der Waals surface area (Å²) in [5.41, 5.74) is 2.17. The minimum absolute atomic E-state index is 0.110. The summed E-state index contributed by atoms with van der Waals surface area (Å²) < 4.78 is 0. The molecule has 2 aromatic carbocycles. The highest BCUT2D eigenvalue weighted by Crippen LogP contribution is 2.13. The van der Waals surface area contributed by atoms with E-state index in [9.17, 15) is 10.1 Å². The van der Waals surface area contributed by atoms with E-state index >= 15 is 0 Å². The summed E-state index contributed by atoms with van der Waals surface area (Å²) in [6.07, 6.45) is 5.83. The Balaban J connectivity index is 1.99. The zero-order chi connectivity index (χ0) is 12.8. The van der Waals surface area contributed by atoms with Gasteiger partial charge in [0.15, 0.2) is 0 Å². The van der Waals surface area contributed by atoms with E-state index in [-0.39, 0.29) is 5.69 Å². The quantitative estimate of drug-likeness (QED) is 0.599. The van der Waals surface area contributed by atoms with Crippen molar-refractivity contribution in [2.75, 3.05) is 0 Å². The van der Waals surface area contributed by atoms with Crippen LogP contribution in [0.1, 0.15) is 11.1 Å². The number of hydrogen-bond donors (Lipinski definition) is 0. The number of nitrogens with zero attached hydrogens (tertiary/aromatic N) is 1. The molecule has 0 bridgehead atoms. The van der Waals surface area contributed by atoms with Gasteiger partial charge in [-0.2, -0.15) is 0 Å². The first-order chi connectivity index (χ1) is 8.75. The largest absolute Gasteiger partial charge is 0.269 e. The molecule has 0 aliphatic carbocycles. The van der Waals surface area contributed by atoms with Crippen molar-refractivity contribution in [3.8, 4) is 0 Å². The van der Waals surface area contributed by atoms with Gasteiger partial charge < -0.3 is 0 Å². The summed E-state index contributed by atoms with van der Waals surface area (Å²) in [6, 6.07) is 16.4. The number of rotatable bonds is 4. The second-order valence-corrected chi connectivity index (χ2v) is 3.79. The standard InChI is InChI=1S/C15H12NO2/c17-16(18)15-11-9-14(10-12-15)8-4-7-13-5-2-1-3-6-13/h1-12H/b8-4+. The number of nitro groups is 1. The predicted octanol–water partition coefficient (Wildman–Crippen LogP) is 3.86. The molecule has 3 nitrogen and oxygen atoms in total. The fourth-order valence-electron chi connectivity index (χ4n) is 1.54. The predicted molar refractivity (Wildman–Crippen MR) is 72.0 cm³/mol. The number of non-ortho nitro benzene ring substituents is 1. The van der Waals surface area contributed by atoms with Crippen LogP contribution in [0.3, 0.4) is 0 Å². The van der Waals surface area contributed by atoms with E-state index in [0.717, 1.165) is 11.1 Å². The maximum absolute atomic E-state index is 10.5. The molecule has 3 heteroatoms. The molecule has 0 unspecified atom stereocenters. The second kappa shape index (κ2) is 5.77. The first kappa shape index (κ1) is 12.0. The van der Waals surface area contributed by atoms with Crippen LogP contribution in [0.25, 0.3) is 6.08 Å². The molecule has 0 fully saturated rings. The minimum Gasteiger partial charge on any atom is -0.258 e. The summed E-state index contributed by atoms with van der Waals surface area (Å²) in [4.78, 5) is 10.1. The normalized spacial score (nSPS) is 10.7. The highest BCUT2D eigenvalue weighted by Gasteiger charge is 2.01. The van der Waals surface area contributed by atoms with Crippen molar-refractivity contribution < 1.29 is 4.92 Å². The van der Waals surface area contributed by atoms with Gasteiger partial charge >= 0.3 is 0 Å². The van der Waals surface area contributed by atoms with Crippen LogP contribution in [-0.4, -0.2) is 4.92 Å². The Bertz CT molecular complexity index is 544. The molecule has 2 aromatic rings. The molecule has 0 aliphatic heterocycles. The highest BCUT2D eigenvalue weighted by molar-refractivity contribution is 5.54. The summed E-state index contributed by atoms with van der Waals surface area (Å²) in [7, 11) is 0. The van der Waals surface area contributed by atoms with Crippen molar-refractivity contribution in [3.63, 3.8) is 0 Å². The third kappa shape index (κ3) is 3.28. The number of hydrogen-bond acceptors (Lipinski definition) is 2. The van der Waals surface area contributed by atoms with E-state index < -0.39 is 4.92 Å². The van der Waals surface area contributed by atoms with E-state index in [1.54, 1.807) is 12.1 Å². The first-order valence-electron chi connectivity index (χ1n) is 5.56. The third-order valence-electron chi connectivity index (χ3n) is 2.48. The highest BCUT2D eigenvalue weighted by atomic mass is 16.6. The Morgan fingerprint density at radius 2 is 1.56 bits per heavy atom. The summed E-state index contributed by atoms with van der Waals surface area (Å²) >= 11 is 0. The van der Waals surface area contributed by atoms with E-state index in [1.807, 2.05) is 48.9 Å². The lowest BCUT2D eigenvalue weighted by Gasteiger charge is -1.95. The summed E-state index contributed by atoms with van der Waals surface area (Å²) in [5.74, 6) is 0. The Kier molecular flexibility index (Phi) is 3.86. The molecule has 0 saturated heterocycles.